The van der Waals surface area contributed by atoms with E-state index in [1.807, 2.05) is 12.3 Å². The minimum absolute atomic E-state index is 0.0533. The first-order chi connectivity index (χ1) is 6.53. The maximum atomic E-state index is 5.76. The van der Waals surface area contributed by atoms with E-state index in [9.17, 15) is 0 Å². The van der Waals surface area contributed by atoms with Crippen LogP contribution < -0.4 is 0 Å². The molecule has 0 saturated carbocycles. The van der Waals surface area contributed by atoms with Gasteiger partial charge in [-0.2, -0.15) is 0 Å². The Hall–Kier alpha value is -0.410. The zero-order chi connectivity index (χ0) is 10.6. The Balaban J connectivity index is 2.54. The first-order valence-electron chi connectivity index (χ1n) is 4.77. The summed E-state index contributed by atoms with van der Waals surface area (Å²) in [6.45, 7) is 6.93. The van der Waals surface area contributed by atoms with Gasteiger partial charge in [-0.1, -0.05) is 6.92 Å². The predicted octanol–water partition coefficient (Wildman–Crippen LogP) is 3.55. The zero-order valence-electron chi connectivity index (χ0n) is 8.88. The molecule has 1 aromatic rings. The van der Waals surface area contributed by atoms with Crippen LogP contribution in [0.5, 0.6) is 0 Å². The minimum atomic E-state index is -0.0533. The Kier molecular flexibility index (Phi) is 4.08. The van der Waals surface area contributed by atoms with E-state index < -0.39 is 0 Å². The van der Waals surface area contributed by atoms with Crippen molar-refractivity contribution in [1.29, 1.82) is 0 Å². The van der Waals surface area contributed by atoms with Crippen molar-refractivity contribution >= 4 is 15.9 Å². The summed E-state index contributed by atoms with van der Waals surface area (Å²) < 4.78 is 6.75. The average Bonchev–Trinajstić information content (AvgIpc) is 2.15. The van der Waals surface area contributed by atoms with Crippen LogP contribution in [0.3, 0.4) is 0 Å². The van der Waals surface area contributed by atoms with Crippen molar-refractivity contribution in [2.24, 2.45) is 0 Å². The summed E-state index contributed by atoms with van der Waals surface area (Å²) in [7, 11) is 0. The summed E-state index contributed by atoms with van der Waals surface area (Å²) >= 11 is 3.38. The predicted molar refractivity (Wildman–Crippen MR) is 61.1 cm³/mol. The van der Waals surface area contributed by atoms with E-state index in [-0.39, 0.29) is 5.60 Å². The fraction of sp³-hybridized carbons (Fsp3) is 0.545. The molecule has 1 rings (SSSR count). The SMILES string of the molecule is CCC(C)(C)OCc1cncc(Br)c1. The second-order valence-corrected chi connectivity index (χ2v) is 4.83. The molecule has 1 heterocycles. The molecule has 0 N–H and O–H groups in total. The summed E-state index contributed by atoms with van der Waals surface area (Å²) in [4.78, 5) is 4.08. The number of hydrogen-bond acceptors (Lipinski definition) is 2. The van der Waals surface area contributed by atoms with Gasteiger partial charge in [-0.25, -0.2) is 0 Å². The minimum Gasteiger partial charge on any atom is -0.371 e. The Morgan fingerprint density at radius 2 is 2.14 bits per heavy atom. The number of aromatic nitrogens is 1. The third kappa shape index (κ3) is 3.76. The molecule has 0 aromatic carbocycles. The highest BCUT2D eigenvalue weighted by Gasteiger charge is 2.14. The fourth-order valence-electron chi connectivity index (χ4n) is 0.916. The van der Waals surface area contributed by atoms with Gasteiger partial charge in [0.2, 0.25) is 0 Å². The maximum absolute atomic E-state index is 5.76. The Labute approximate surface area is 93.8 Å². The lowest BCUT2D eigenvalue weighted by Crippen LogP contribution is -2.22. The van der Waals surface area contributed by atoms with Crippen LogP contribution in [-0.4, -0.2) is 10.6 Å². The van der Waals surface area contributed by atoms with Crippen LogP contribution >= 0.6 is 15.9 Å². The van der Waals surface area contributed by atoms with Crippen molar-refractivity contribution in [3.63, 3.8) is 0 Å². The molecule has 0 atom stereocenters. The molecule has 0 aliphatic heterocycles. The molecule has 0 amide bonds. The summed E-state index contributed by atoms with van der Waals surface area (Å²) in [5, 5.41) is 0. The zero-order valence-corrected chi connectivity index (χ0v) is 10.5. The number of ether oxygens (including phenoxy) is 1. The van der Waals surface area contributed by atoms with Crippen molar-refractivity contribution in [2.45, 2.75) is 39.4 Å². The summed E-state index contributed by atoms with van der Waals surface area (Å²) in [6, 6.07) is 2.03. The van der Waals surface area contributed by atoms with Crippen LogP contribution in [0.15, 0.2) is 22.9 Å². The summed E-state index contributed by atoms with van der Waals surface area (Å²) in [5.74, 6) is 0. The monoisotopic (exact) mass is 257 g/mol. The largest absolute Gasteiger partial charge is 0.371 e. The molecule has 0 aliphatic rings. The van der Waals surface area contributed by atoms with Crippen molar-refractivity contribution in [1.82, 2.24) is 4.98 Å². The van der Waals surface area contributed by atoms with Crippen LogP contribution in [0.4, 0.5) is 0 Å². The van der Waals surface area contributed by atoms with E-state index >= 15 is 0 Å². The number of halogens is 1. The lowest BCUT2D eigenvalue weighted by atomic mass is 10.1. The summed E-state index contributed by atoms with van der Waals surface area (Å²) in [6.07, 6.45) is 4.61. The van der Waals surface area contributed by atoms with Crippen LogP contribution in [-0.2, 0) is 11.3 Å². The number of nitrogens with zero attached hydrogens (tertiary/aromatic N) is 1. The Morgan fingerprint density at radius 1 is 1.43 bits per heavy atom. The Morgan fingerprint density at radius 3 is 2.71 bits per heavy atom. The van der Waals surface area contributed by atoms with E-state index in [0.29, 0.717) is 6.61 Å². The topological polar surface area (TPSA) is 22.1 Å². The van der Waals surface area contributed by atoms with E-state index in [4.69, 9.17) is 4.74 Å². The van der Waals surface area contributed by atoms with Gasteiger partial charge < -0.3 is 4.74 Å². The third-order valence-electron chi connectivity index (χ3n) is 2.24. The summed E-state index contributed by atoms with van der Waals surface area (Å²) in [5.41, 5.74) is 1.04. The molecule has 1 aromatic heterocycles. The van der Waals surface area contributed by atoms with E-state index in [2.05, 4.69) is 41.7 Å². The molecule has 3 heteroatoms. The smallest absolute Gasteiger partial charge is 0.0739 e. The molecule has 2 nitrogen and oxygen atoms in total. The van der Waals surface area contributed by atoms with Crippen LogP contribution in [0.2, 0.25) is 0 Å². The van der Waals surface area contributed by atoms with Gasteiger partial charge in [-0.15, -0.1) is 0 Å². The molecule has 0 radical (unpaired) electrons. The molecule has 78 valence electrons. The van der Waals surface area contributed by atoms with Gasteiger partial charge in [0.25, 0.3) is 0 Å². The van der Waals surface area contributed by atoms with Gasteiger partial charge >= 0.3 is 0 Å². The molecule has 14 heavy (non-hydrogen) atoms. The second kappa shape index (κ2) is 4.89. The first kappa shape index (κ1) is 11.7. The number of rotatable bonds is 4. The number of pyridine rings is 1. The third-order valence-corrected chi connectivity index (χ3v) is 2.68. The highest BCUT2D eigenvalue weighted by Crippen LogP contribution is 2.17. The van der Waals surface area contributed by atoms with E-state index in [1.54, 1.807) is 6.20 Å². The van der Waals surface area contributed by atoms with Gasteiger partial charge in [0, 0.05) is 16.9 Å². The van der Waals surface area contributed by atoms with Crippen LogP contribution in [0.25, 0.3) is 0 Å². The highest BCUT2D eigenvalue weighted by molar-refractivity contribution is 9.10. The normalized spacial score (nSPS) is 11.7. The standard InChI is InChI=1S/C11H16BrNO/c1-4-11(2,3)14-8-9-5-10(12)7-13-6-9/h5-7H,4,8H2,1-3H3. The van der Waals surface area contributed by atoms with Crippen molar-refractivity contribution in [3.8, 4) is 0 Å². The van der Waals surface area contributed by atoms with Crippen LogP contribution in [0, 0.1) is 0 Å². The molecule has 0 spiro atoms. The van der Waals surface area contributed by atoms with Gasteiger partial charge in [-0.3, -0.25) is 4.98 Å². The lowest BCUT2D eigenvalue weighted by Gasteiger charge is -2.23. The highest BCUT2D eigenvalue weighted by atomic mass is 79.9. The average molecular weight is 258 g/mol. The van der Waals surface area contributed by atoms with Crippen molar-refractivity contribution in [3.05, 3.63) is 28.5 Å². The van der Waals surface area contributed by atoms with Gasteiger partial charge in [0.1, 0.15) is 0 Å². The molecular formula is C11H16BrNO. The van der Waals surface area contributed by atoms with Crippen molar-refractivity contribution in [2.75, 3.05) is 0 Å². The quantitative estimate of drug-likeness (QED) is 0.823. The second-order valence-electron chi connectivity index (χ2n) is 3.91. The molecule has 0 aliphatic carbocycles. The molecule has 0 unspecified atom stereocenters. The number of hydrogen-bond donors (Lipinski definition) is 0. The van der Waals surface area contributed by atoms with Crippen molar-refractivity contribution < 1.29 is 4.74 Å². The van der Waals surface area contributed by atoms with Crippen LogP contribution in [0.1, 0.15) is 32.8 Å². The maximum Gasteiger partial charge on any atom is 0.0739 e. The van der Waals surface area contributed by atoms with Gasteiger partial charge in [0.05, 0.1) is 12.2 Å². The van der Waals surface area contributed by atoms with Gasteiger partial charge in [0.15, 0.2) is 0 Å². The van der Waals surface area contributed by atoms with E-state index in [0.717, 1.165) is 16.5 Å². The molecule has 0 bridgehead atoms. The Bertz CT molecular complexity index is 299. The lowest BCUT2D eigenvalue weighted by molar-refractivity contribution is -0.0317. The molecular weight excluding hydrogens is 242 g/mol. The fourth-order valence-corrected chi connectivity index (χ4v) is 1.33. The van der Waals surface area contributed by atoms with E-state index in [1.165, 1.54) is 0 Å². The first-order valence-corrected chi connectivity index (χ1v) is 5.56. The van der Waals surface area contributed by atoms with Gasteiger partial charge in [-0.05, 0) is 47.8 Å². The molecule has 0 fully saturated rings. The molecule has 0 saturated heterocycles.